The predicted molar refractivity (Wildman–Crippen MR) is 94.7 cm³/mol. The molecule has 6 nitrogen and oxygen atoms in total. The van der Waals surface area contributed by atoms with Gasteiger partial charge in [0.2, 0.25) is 26.6 Å². The van der Waals surface area contributed by atoms with Crippen molar-refractivity contribution in [2.75, 3.05) is 19.5 Å². The normalized spacial score (nSPS) is 11.3. The molecule has 0 bridgehead atoms. The van der Waals surface area contributed by atoms with Crippen LogP contribution in [0.4, 0.5) is 5.88 Å². The van der Waals surface area contributed by atoms with Crippen molar-refractivity contribution in [3.05, 3.63) is 54.1 Å². The van der Waals surface area contributed by atoms with Crippen molar-refractivity contribution < 1.29 is 17.6 Å². The van der Waals surface area contributed by atoms with Crippen LogP contribution in [0, 0.1) is 6.92 Å². The second kappa shape index (κ2) is 6.60. The molecule has 25 heavy (non-hydrogen) atoms. The maximum atomic E-state index is 12.9. The second-order valence-corrected chi connectivity index (χ2v) is 7.31. The van der Waals surface area contributed by atoms with E-state index in [0.29, 0.717) is 11.3 Å². The van der Waals surface area contributed by atoms with E-state index in [1.54, 1.807) is 62.7 Å². The summed E-state index contributed by atoms with van der Waals surface area (Å²) in [6.45, 7) is 1.90. The molecular formula is C18H18N2O4S. The van der Waals surface area contributed by atoms with Gasteiger partial charge in [0.15, 0.2) is 0 Å². The molecule has 0 fully saturated rings. The van der Waals surface area contributed by atoms with Crippen LogP contribution in [0.25, 0.3) is 11.5 Å². The van der Waals surface area contributed by atoms with Crippen LogP contribution in [0.1, 0.15) is 5.56 Å². The number of nitrogens with zero attached hydrogens (tertiary/aromatic N) is 1. The summed E-state index contributed by atoms with van der Waals surface area (Å²) in [6, 6.07) is 13.6. The van der Waals surface area contributed by atoms with E-state index in [-0.39, 0.29) is 21.7 Å². The molecule has 1 heterocycles. The Morgan fingerprint density at radius 1 is 1.04 bits per heavy atom. The van der Waals surface area contributed by atoms with Crippen molar-refractivity contribution in [1.82, 2.24) is 4.98 Å². The van der Waals surface area contributed by atoms with E-state index in [9.17, 15) is 8.42 Å². The highest BCUT2D eigenvalue weighted by molar-refractivity contribution is 7.91. The van der Waals surface area contributed by atoms with E-state index in [1.165, 1.54) is 0 Å². The lowest BCUT2D eigenvalue weighted by atomic mass is 10.2. The molecule has 0 saturated carbocycles. The third-order valence-corrected chi connectivity index (χ3v) is 5.42. The topological polar surface area (TPSA) is 81.4 Å². The average molecular weight is 358 g/mol. The quantitative estimate of drug-likeness (QED) is 0.751. The van der Waals surface area contributed by atoms with Crippen LogP contribution in [0.2, 0.25) is 0 Å². The van der Waals surface area contributed by atoms with Crippen LogP contribution in [-0.2, 0) is 9.84 Å². The van der Waals surface area contributed by atoms with E-state index >= 15 is 0 Å². The largest absolute Gasteiger partial charge is 0.497 e. The van der Waals surface area contributed by atoms with E-state index in [0.717, 1.165) is 5.56 Å². The van der Waals surface area contributed by atoms with Gasteiger partial charge in [0, 0.05) is 12.6 Å². The van der Waals surface area contributed by atoms with Crippen LogP contribution in [0.3, 0.4) is 0 Å². The number of methoxy groups -OCH3 is 1. The van der Waals surface area contributed by atoms with Crippen LogP contribution >= 0.6 is 0 Å². The van der Waals surface area contributed by atoms with Gasteiger partial charge in [-0.2, -0.15) is 4.98 Å². The lowest BCUT2D eigenvalue weighted by Crippen LogP contribution is -2.05. The molecule has 130 valence electrons. The minimum Gasteiger partial charge on any atom is -0.497 e. The molecular weight excluding hydrogens is 340 g/mol. The van der Waals surface area contributed by atoms with Crippen LogP contribution in [0.5, 0.6) is 5.75 Å². The maximum absolute atomic E-state index is 12.9. The Balaban J connectivity index is 2.07. The van der Waals surface area contributed by atoms with Gasteiger partial charge in [0.1, 0.15) is 5.75 Å². The van der Waals surface area contributed by atoms with Gasteiger partial charge in [-0.3, -0.25) is 0 Å². The number of sulfone groups is 1. The zero-order valence-corrected chi connectivity index (χ0v) is 14.9. The number of anilines is 1. The first kappa shape index (κ1) is 17.0. The Kier molecular flexibility index (Phi) is 4.50. The summed E-state index contributed by atoms with van der Waals surface area (Å²) in [7, 11) is -0.626. The number of benzene rings is 2. The van der Waals surface area contributed by atoms with Gasteiger partial charge in [-0.05, 0) is 43.3 Å². The molecule has 1 N–H and O–H groups in total. The zero-order valence-electron chi connectivity index (χ0n) is 14.1. The molecule has 3 rings (SSSR count). The molecule has 3 aromatic rings. The minimum absolute atomic E-state index is 0.103. The Hall–Kier alpha value is -2.80. The minimum atomic E-state index is -3.79. The van der Waals surface area contributed by atoms with Crippen molar-refractivity contribution in [2.24, 2.45) is 0 Å². The van der Waals surface area contributed by atoms with Crippen molar-refractivity contribution in [3.8, 4) is 17.2 Å². The lowest BCUT2D eigenvalue weighted by molar-refractivity contribution is 0.415. The number of aryl methyl sites for hydroxylation is 1. The van der Waals surface area contributed by atoms with Crippen LogP contribution in [0.15, 0.2) is 62.9 Å². The standard InChI is InChI=1S/C18H18N2O4S/c1-12-4-10-15(11-5-12)25(21,22)18-17(19-2)24-16(20-18)13-6-8-14(23-3)9-7-13/h4-11,19H,1-3H3. The molecule has 0 aliphatic carbocycles. The Morgan fingerprint density at radius 3 is 2.24 bits per heavy atom. The highest BCUT2D eigenvalue weighted by Crippen LogP contribution is 2.32. The summed E-state index contributed by atoms with van der Waals surface area (Å²) in [4.78, 5) is 4.39. The molecule has 0 saturated heterocycles. The molecule has 0 radical (unpaired) electrons. The van der Waals surface area contributed by atoms with Crippen molar-refractivity contribution >= 4 is 15.7 Å². The fraction of sp³-hybridized carbons (Fsp3) is 0.167. The summed E-state index contributed by atoms with van der Waals surface area (Å²) in [5.74, 6) is 1.01. The third-order valence-electron chi connectivity index (χ3n) is 3.75. The van der Waals surface area contributed by atoms with Gasteiger partial charge in [-0.1, -0.05) is 17.7 Å². The number of nitrogens with one attached hydrogen (secondary N) is 1. The molecule has 0 atom stereocenters. The van der Waals surface area contributed by atoms with Gasteiger partial charge in [0.05, 0.1) is 12.0 Å². The van der Waals surface area contributed by atoms with Gasteiger partial charge in [0.25, 0.3) is 0 Å². The number of oxazole rings is 1. The number of hydrogen-bond acceptors (Lipinski definition) is 6. The first-order valence-corrected chi connectivity index (χ1v) is 9.09. The number of ether oxygens (including phenoxy) is 1. The molecule has 0 aliphatic rings. The van der Waals surface area contributed by atoms with Gasteiger partial charge >= 0.3 is 0 Å². The van der Waals surface area contributed by atoms with Crippen molar-refractivity contribution in [1.29, 1.82) is 0 Å². The number of rotatable bonds is 5. The SMILES string of the molecule is CNc1oc(-c2ccc(OC)cc2)nc1S(=O)(=O)c1ccc(C)cc1. The number of hydrogen-bond donors (Lipinski definition) is 1. The fourth-order valence-corrected chi connectivity index (χ4v) is 3.64. The molecule has 7 heteroatoms. The van der Waals surface area contributed by atoms with E-state index < -0.39 is 9.84 Å². The smallest absolute Gasteiger partial charge is 0.233 e. The first-order chi connectivity index (χ1) is 12.0. The zero-order chi connectivity index (χ0) is 18.0. The van der Waals surface area contributed by atoms with Gasteiger partial charge < -0.3 is 14.5 Å². The summed E-state index contributed by atoms with van der Waals surface area (Å²) < 4.78 is 36.5. The van der Waals surface area contributed by atoms with E-state index in [1.807, 2.05) is 6.92 Å². The predicted octanol–water partition coefficient (Wildman–Crippen LogP) is 3.53. The highest BCUT2D eigenvalue weighted by atomic mass is 32.2. The Bertz CT molecular complexity index is 975. The highest BCUT2D eigenvalue weighted by Gasteiger charge is 2.28. The molecule has 0 unspecified atom stereocenters. The summed E-state index contributed by atoms with van der Waals surface area (Å²) >= 11 is 0. The number of aromatic nitrogens is 1. The maximum Gasteiger partial charge on any atom is 0.233 e. The molecule has 0 spiro atoms. The average Bonchev–Trinajstić information content (AvgIpc) is 3.07. The van der Waals surface area contributed by atoms with Crippen molar-refractivity contribution in [3.63, 3.8) is 0 Å². The molecule has 0 aliphatic heterocycles. The van der Waals surface area contributed by atoms with Gasteiger partial charge in [-0.15, -0.1) is 0 Å². The third kappa shape index (κ3) is 3.23. The molecule has 2 aromatic carbocycles. The monoisotopic (exact) mass is 358 g/mol. The molecule has 1 aromatic heterocycles. The van der Waals surface area contributed by atoms with Crippen LogP contribution in [-0.4, -0.2) is 27.6 Å². The Morgan fingerprint density at radius 2 is 1.68 bits per heavy atom. The first-order valence-electron chi connectivity index (χ1n) is 7.60. The van der Waals surface area contributed by atoms with Crippen LogP contribution < -0.4 is 10.1 Å². The lowest BCUT2D eigenvalue weighted by Gasteiger charge is -2.03. The summed E-state index contributed by atoms with van der Waals surface area (Å²) in [5, 5.41) is 2.63. The van der Waals surface area contributed by atoms with E-state index in [4.69, 9.17) is 9.15 Å². The summed E-state index contributed by atoms with van der Waals surface area (Å²) in [5.41, 5.74) is 1.63. The Labute approximate surface area is 146 Å². The summed E-state index contributed by atoms with van der Waals surface area (Å²) in [6.07, 6.45) is 0. The van der Waals surface area contributed by atoms with Crippen molar-refractivity contribution in [2.45, 2.75) is 16.8 Å². The van der Waals surface area contributed by atoms with Gasteiger partial charge in [-0.25, -0.2) is 8.42 Å². The van der Waals surface area contributed by atoms with E-state index in [2.05, 4.69) is 10.3 Å². The second-order valence-electron chi connectivity index (χ2n) is 5.45. The molecule has 0 amide bonds. The fourth-order valence-electron chi connectivity index (χ4n) is 2.33.